The Hall–Kier alpha value is -3.00. The Morgan fingerprint density at radius 2 is 1.61 bits per heavy atom. The number of hydrogen-bond donors (Lipinski definition) is 1. The van der Waals surface area contributed by atoms with Crippen molar-refractivity contribution in [3.63, 3.8) is 0 Å². The topological polar surface area (TPSA) is 115 Å². The predicted molar refractivity (Wildman–Crippen MR) is 83.9 cm³/mol. The first-order valence-corrected chi connectivity index (χ1v) is 6.67. The Kier molecular flexibility index (Phi) is 4.56. The van der Waals surface area contributed by atoms with Crippen LogP contribution in [0.15, 0.2) is 36.4 Å². The van der Waals surface area contributed by atoms with E-state index in [-0.39, 0.29) is 27.6 Å². The van der Waals surface area contributed by atoms with Gasteiger partial charge in [-0.1, -0.05) is 17.7 Å². The molecule has 0 aromatic heterocycles. The minimum absolute atomic E-state index is 0.0307. The van der Waals surface area contributed by atoms with Crippen LogP contribution in [0.5, 0.6) is 0 Å². The van der Waals surface area contributed by atoms with Crippen LogP contribution in [0.25, 0.3) is 0 Å². The molecule has 9 heteroatoms. The van der Waals surface area contributed by atoms with Gasteiger partial charge >= 0.3 is 0 Å². The predicted octanol–water partition coefficient (Wildman–Crippen LogP) is 3.72. The molecule has 0 aliphatic heterocycles. The van der Waals surface area contributed by atoms with Crippen LogP contribution >= 0.6 is 11.6 Å². The molecule has 0 atom stereocenters. The summed E-state index contributed by atoms with van der Waals surface area (Å²) in [5, 5.41) is 23.9. The molecule has 0 bridgehead atoms. The maximum absolute atomic E-state index is 12.2. The number of non-ortho nitro benzene ring substituents is 2. The highest BCUT2D eigenvalue weighted by Gasteiger charge is 2.17. The number of halogens is 1. The van der Waals surface area contributed by atoms with Gasteiger partial charge in [-0.2, -0.15) is 0 Å². The van der Waals surface area contributed by atoms with Crippen LogP contribution in [-0.2, 0) is 0 Å². The summed E-state index contributed by atoms with van der Waals surface area (Å²) < 4.78 is 0. The van der Waals surface area contributed by atoms with Gasteiger partial charge in [-0.15, -0.1) is 0 Å². The van der Waals surface area contributed by atoms with Crippen molar-refractivity contribution in [3.05, 3.63) is 72.8 Å². The summed E-state index contributed by atoms with van der Waals surface area (Å²) in [7, 11) is 0. The van der Waals surface area contributed by atoms with Crippen molar-refractivity contribution >= 4 is 34.6 Å². The summed E-state index contributed by atoms with van der Waals surface area (Å²) in [6, 6.07) is 7.50. The maximum atomic E-state index is 12.2. The van der Waals surface area contributed by atoms with Gasteiger partial charge in [0.2, 0.25) is 0 Å². The first-order valence-electron chi connectivity index (χ1n) is 6.30. The molecule has 1 amide bonds. The average molecular weight is 336 g/mol. The highest BCUT2D eigenvalue weighted by molar-refractivity contribution is 6.34. The maximum Gasteiger partial charge on any atom is 0.271 e. The quantitative estimate of drug-likeness (QED) is 0.675. The largest absolute Gasteiger partial charge is 0.321 e. The summed E-state index contributed by atoms with van der Waals surface area (Å²) in [6.45, 7) is 1.68. The molecule has 0 spiro atoms. The van der Waals surface area contributed by atoms with E-state index in [0.29, 0.717) is 5.56 Å². The van der Waals surface area contributed by atoms with Crippen LogP contribution < -0.4 is 5.32 Å². The minimum Gasteiger partial charge on any atom is -0.321 e. The fourth-order valence-electron chi connectivity index (χ4n) is 1.85. The third-order valence-electron chi connectivity index (χ3n) is 3.09. The van der Waals surface area contributed by atoms with E-state index in [1.54, 1.807) is 6.92 Å². The van der Waals surface area contributed by atoms with Crippen molar-refractivity contribution in [3.8, 4) is 0 Å². The first kappa shape index (κ1) is 16.4. The smallest absolute Gasteiger partial charge is 0.271 e. The summed E-state index contributed by atoms with van der Waals surface area (Å²) in [6.07, 6.45) is 0. The highest BCUT2D eigenvalue weighted by atomic mass is 35.5. The monoisotopic (exact) mass is 335 g/mol. The molecule has 23 heavy (non-hydrogen) atoms. The number of amides is 1. The fourth-order valence-corrected chi connectivity index (χ4v) is 2.11. The minimum atomic E-state index is -0.627. The van der Waals surface area contributed by atoms with Gasteiger partial charge in [-0.3, -0.25) is 25.0 Å². The number of nitro groups is 2. The Balaban J connectivity index is 2.31. The van der Waals surface area contributed by atoms with E-state index >= 15 is 0 Å². The molecule has 2 rings (SSSR count). The van der Waals surface area contributed by atoms with Crippen LogP contribution in [0.2, 0.25) is 5.02 Å². The lowest BCUT2D eigenvalue weighted by atomic mass is 10.1. The number of carbonyl (C=O) groups is 1. The van der Waals surface area contributed by atoms with E-state index in [4.69, 9.17) is 11.6 Å². The van der Waals surface area contributed by atoms with Crippen LogP contribution in [0.3, 0.4) is 0 Å². The Morgan fingerprint density at radius 3 is 2.17 bits per heavy atom. The zero-order chi connectivity index (χ0) is 17.1. The van der Waals surface area contributed by atoms with Crippen LogP contribution in [0.1, 0.15) is 15.9 Å². The Bertz CT molecular complexity index is 822. The molecule has 0 saturated carbocycles. The molecule has 0 fully saturated rings. The van der Waals surface area contributed by atoms with Crippen molar-refractivity contribution in [2.75, 3.05) is 5.32 Å². The van der Waals surface area contributed by atoms with Gasteiger partial charge in [0.1, 0.15) is 0 Å². The number of anilines is 1. The summed E-state index contributed by atoms with van der Waals surface area (Å²) >= 11 is 5.88. The molecule has 8 nitrogen and oxygen atoms in total. The Labute approximate surface area is 135 Å². The molecular weight excluding hydrogens is 326 g/mol. The normalized spacial score (nSPS) is 10.2. The van der Waals surface area contributed by atoms with E-state index in [1.807, 2.05) is 0 Å². The zero-order valence-corrected chi connectivity index (χ0v) is 12.5. The molecule has 0 heterocycles. The molecule has 2 aromatic carbocycles. The Morgan fingerprint density at radius 1 is 1.04 bits per heavy atom. The van der Waals surface area contributed by atoms with Gasteiger partial charge in [0, 0.05) is 24.3 Å². The van der Waals surface area contributed by atoms with Gasteiger partial charge in [-0.05, 0) is 18.6 Å². The number of nitrogens with one attached hydrogen (secondary N) is 1. The molecule has 0 aliphatic carbocycles. The van der Waals surface area contributed by atoms with E-state index < -0.39 is 15.8 Å². The second-order valence-electron chi connectivity index (χ2n) is 4.63. The third-order valence-corrected chi connectivity index (χ3v) is 3.40. The fraction of sp³-hybridized carbons (Fsp3) is 0.0714. The molecule has 0 radical (unpaired) electrons. The lowest BCUT2D eigenvalue weighted by molar-refractivity contribution is -0.385. The standard InChI is InChI=1S/C14H10ClN3O5/c1-8-2-3-10(18(22)23)7-13(8)16-14(19)11-5-4-9(17(20)21)6-12(11)15/h2-7H,1H3,(H,16,19). The number of benzene rings is 2. The molecule has 0 saturated heterocycles. The number of carbonyl (C=O) groups excluding carboxylic acids is 1. The lowest BCUT2D eigenvalue weighted by Crippen LogP contribution is -2.13. The molecule has 0 aliphatic rings. The highest BCUT2D eigenvalue weighted by Crippen LogP contribution is 2.26. The second-order valence-corrected chi connectivity index (χ2v) is 5.04. The van der Waals surface area contributed by atoms with Crippen molar-refractivity contribution < 1.29 is 14.6 Å². The molecule has 1 N–H and O–H groups in total. The molecule has 118 valence electrons. The third kappa shape index (κ3) is 3.61. The summed E-state index contributed by atoms with van der Waals surface area (Å²) in [5.74, 6) is -0.617. The first-order chi connectivity index (χ1) is 10.8. The SMILES string of the molecule is Cc1ccc([N+](=O)[O-])cc1NC(=O)c1ccc([N+](=O)[O-])cc1Cl. The number of nitro benzene ring substituents is 2. The zero-order valence-electron chi connectivity index (χ0n) is 11.8. The van der Waals surface area contributed by atoms with E-state index in [2.05, 4.69) is 5.32 Å². The van der Waals surface area contributed by atoms with Crippen molar-refractivity contribution in [2.24, 2.45) is 0 Å². The van der Waals surface area contributed by atoms with Crippen LogP contribution in [0, 0.1) is 27.2 Å². The van der Waals surface area contributed by atoms with Gasteiger partial charge in [0.15, 0.2) is 0 Å². The van der Waals surface area contributed by atoms with Crippen LogP contribution in [0.4, 0.5) is 17.1 Å². The number of hydrogen-bond acceptors (Lipinski definition) is 5. The number of nitrogens with zero attached hydrogens (tertiary/aromatic N) is 2. The van der Waals surface area contributed by atoms with Gasteiger partial charge in [0.25, 0.3) is 17.3 Å². The number of aryl methyl sites for hydroxylation is 1. The van der Waals surface area contributed by atoms with E-state index in [9.17, 15) is 25.0 Å². The van der Waals surface area contributed by atoms with Gasteiger partial charge in [-0.25, -0.2) is 0 Å². The van der Waals surface area contributed by atoms with Gasteiger partial charge in [0.05, 0.1) is 26.1 Å². The second kappa shape index (κ2) is 6.41. The van der Waals surface area contributed by atoms with E-state index in [1.165, 1.54) is 24.3 Å². The van der Waals surface area contributed by atoms with Gasteiger partial charge < -0.3 is 5.32 Å². The summed E-state index contributed by atoms with van der Waals surface area (Å²) in [4.78, 5) is 32.4. The average Bonchev–Trinajstić information content (AvgIpc) is 2.48. The lowest BCUT2D eigenvalue weighted by Gasteiger charge is -2.09. The molecule has 2 aromatic rings. The van der Waals surface area contributed by atoms with Crippen molar-refractivity contribution in [2.45, 2.75) is 6.92 Å². The summed E-state index contributed by atoms with van der Waals surface area (Å²) in [5.41, 5.74) is 0.516. The van der Waals surface area contributed by atoms with E-state index in [0.717, 1.165) is 12.1 Å². The van der Waals surface area contributed by atoms with Crippen LogP contribution in [-0.4, -0.2) is 15.8 Å². The molecular formula is C14H10ClN3O5. The van der Waals surface area contributed by atoms with Crippen molar-refractivity contribution in [1.29, 1.82) is 0 Å². The van der Waals surface area contributed by atoms with Crippen molar-refractivity contribution in [1.82, 2.24) is 0 Å². The molecule has 0 unspecified atom stereocenters. The number of rotatable bonds is 4.